The molecule has 48 heteroatoms. The SMILES string of the molecule is C[C@H](CCC(=O)NCCCNC(=O)CC[C@@H](C)[C@H]1CC[C@H]2[C@@H]3CC[C@@H]4C[C@H](O[C@@H]5O[C@H](CO)[C@@H](O[C@@H]6O[C@H](CO)[C@@H](O)[C@H](O)[C@H]6O)[C@H](O)[C@H]5O)CC[C@]4(C)[C@H]3C[C@H](O[C@@H]3O[C@H](CO)[C@@H](O[C@@H]4O[C@H](CO)[C@@H](O)[C@H](O)[C@H]4O)[C@H](O)[C@H]3O)[C@]12C)[C@H]1CC[C@H]2[C@@H]3CC[C@@H]4C[C@H](O[C@@H]5O[C@H](CO)[C@@H](O[C@@H]6O[C@H](CO)[C@@H](O)[C@H](O)[C@H]6O)[C@H](O)[C@H]5O)CC[C@]4(C)[C@H]3C[C@H](O[C@@H]3O[C@H](CO)[C@@H](O[C@@H]4O[C@H](CO)[C@@H](O)[C@H](O)[C@H]4O)[C@H](O)[C@H]3O)[C@]12C. The van der Waals surface area contributed by atoms with Gasteiger partial charge in [0.1, 0.15) is 195 Å². The van der Waals surface area contributed by atoms with Gasteiger partial charge in [0.25, 0.3) is 0 Å². The summed E-state index contributed by atoms with van der Waals surface area (Å²) in [5, 5.41) is 311. The zero-order valence-corrected chi connectivity index (χ0v) is 84.1. The van der Waals surface area contributed by atoms with E-state index in [2.05, 4.69) is 52.2 Å². The number of nitrogens with one attached hydrogen (secondary N) is 2. The van der Waals surface area contributed by atoms with Crippen LogP contribution in [0.4, 0.5) is 0 Å². The lowest BCUT2D eigenvalue weighted by atomic mass is 9.43. The summed E-state index contributed by atoms with van der Waals surface area (Å²) >= 11 is 0. The van der Waals surface area contributed by atoms with Crippen molar-refractivity contribution in [3.8, 4) is 0 Å². The molecule has 147 heavy (non-hydrogen) atoms. The number of amides is 2. The molecule has 0 unspecified atom stereocenters. The quantitative estimate of drug-likeness (QED) is 0.0205. The molecule has 0 aromatic rings. The van der Waals surface area contributed by atoms with E-state index in [0.29, 0.717) is 70.6 Å². The smallest absolute Gasteiger partial charge is 0.220 e. The van der Waals surface area contributed by atoms with E-state index in [4.69, 9.17) is 75.8 Å². The van der Waals surface area contributed by atoms with Crippen LogP contribution in [0.5, 0.6) is 0 Å². The van der Waals surface area contributed by atoms with Crippen molar-refractivity contribution in [2.75, 3.05) is 65.9 Å². The van der Waals surface area contributed by atoms with Crippen LogP contribution in [0.15, 0.2) is 0 Å². The van der Waals surface area contributed by atoms with Crippen LogP contribution in [-0.4, -0.2) is 491 Å². The van der Waals surface area contributed by atoms with E-state index < -0.39 is 334 Å². The van der Waals surface area contributed by atoms with Crippen molar-refractivity contribution in [3.05, 3.63) is 0 Å². The Hall–Kier alpha value is -2.82. The highest BCUT2D eigenvalue weighted by atomic mass is 16.8. The molecule has 0 aromatic heterocycles. The first-order valence-corrected chi connectivity index (χ1v) is 53.4. The molecule has 16 aliphatic rings. The van der Waals surface area contributed by atoms with Gasteiger partial charge in [0.2, 0.25) is 11.8 Å². The zero-order chi connectivity index (χ0) is 106. The average Bonchev–Trinajstić information content (AvgIpc) is 1.61. The number of hydrogen-bond donors (Lipinski definition) is 30. The summed E-state index contributed by atoms with van der Waals surface area (Å²) in [5.41, 5.74) is -2.08. The Morgan fingerprint density at radius 1 is 0.286 bits per heavy atom. The lowest BCUT2D eigenvalue weighted by Crippen LogP contribution is -2.66. The van der Waals surface area contributed by atoms with Crippen LogP contribution in [0, 0.1) is 92.7 Å². The van der Waals surface area contributed by atoms with E-state index in [1.165, 1.54) is 0 Å². The van der Waals surface area contributed by atoms with Crippen molar-refractivity contribution in [1.82, 2.24) is 10.6 Å². The molecule has 48 nitrogen and oxygen atoms in total. The van der Waals surface area contributed by atoms with Gasteiger partial charge in [-0.3, -0.25) is 9.59 Å². The maximum absolute atomic E-state index is 14.1. The summed E-state index contributed by atoms with van der Waals surface area (Å²) in [6.45, 7) is 7.36. The fourth-order valence-electron chi connectivity index (χ4n) is 30.1. The van der Waals surface area contributed by atoms with Crippen LogP contribution in [0.25, 0.3) is 0 Å². The third kappa shape index (κ3) is 22.6. The van der Waals surface area contributed by atoms with Crippen molar-refractivity contribution in [3.63, 3.8) is 0 Å². The second-order valence-electron chi connectivity index (χ2n) is 46.3. The summed E-state index contributed by atoms with van der Waals surface area (Å²) in [7, 11) is 0. The average molecular weight is 2120 g/mol. The Morgan fingerprint density at radius 3 is 0.810 bits per heavy atom. The van der Waals surface area contributed by atoms with Crippen LogP contribution >= 0.6 is 0 Å². The summed E-state index contributed by atoms with van der Waals surface area (Å²) in [6, 6.07) is 0. The Balaban J connectivity index is 0.546. The van der Waals surface area contributed by atoms with Crippen molar-refractivity contribution < 1.29 is 228 Å². The standard InChI is InChI=1S/C99H166N2O46/c1-38(46-14-16-48-44-12-10-40-26-42(132-88-80(128)72(120)84(56(34-106)138-88)144-92-76(124)68(116)64(112)52(30-102)134-92)20-22-96(40,3)50(44)28-60(98(46,48)5)142-90-82(130)74(122)86(58(36-108)140-90)146-94-78(126)70(118)66(114)54(32-104)136-94)8-18-62(110)100-24-7-25-101-63(111)19-9-39(2)47-15-17-49-45-13-11-41-27-43(133-89-81(129)73(121)85(57(35-107)139-89)145-93-77(125)69(117)65(113)53(31-103)135-93)21-23-97(41,4)51(45)29-61(99(47,49)6)143-91-83(131)75(123)87(59(37-109)141-91)147-95-79(127)71(119)67(115)55(33-105)137-95/h38-61,64-95,102-109,112-131H,7-37H2,1-6H3,(H,100,110)(H,101,111)/t38-,39-,40-,41-,42-,43-,44+,45+,46-,47-,48+,49+,50+,51+,52-,53-,54-,55-,56-,57-,58-,59-,60+,61+,64-,65-,66-,67-,68+,69+,70+,71+,72-,73-,74-,75-,76-,77-,78-,79-,80-,81-,82-,83-,84-,85-,86-,87-,88-,89-,90+,91+,92+,93+,94+,95+,96+,97+,98-,99-/m1/s1. The molecule has 0 radical (unpaired) electrons. The van der Waals surface area contributed by atoms with Crippen LogP contribution < -0.4 is 10.6 Å². The molecule has 8 aliphatic carbocycles. The number of aliphatic hydroxyl groups excluding tert-OH is 28. The summed E-state index contributed by atoms with van der Waals surface area (Å²) in [5.74, 6) is -0.441. The van der Waals surface area contributed by atoms with Gasteiger partial charge in [0.05, 0.1) is 77.3 Å². The van der Waals surface area contributed by atoms with Gasteiger partial charge in [0.15, 0.2) is 50.3 Å². The molecule has 16 fully saturated rings. The normalized spacial score (nSPS) is 52.5. The van der Waals surface area contributed by atoms with Crippen molar-refractivity contribution >= 4 is 11.8 Å². The second-order valence-corrected chi connectivity index (χ2v) is 46.3. The van der Waals surface area contributed by atoms with E-state index in [1.807, 2.05) is 0 Å². The van der Waals surface area contributed by atoms with Crippen LogP contribution in [0.2, 0.25) is 0 Å². The van der Waals surface area contributed by atoms with Gasteiger partial charge >= 0.3 is 0 Å². The molecular formula is C99H166N2O46. The Kier molecular flexibility index (Phi) is 38.5. The first-order valence-electron chi connectivity index (χ1n) is 53.4. The maximum Gasteiger partial charge on any atom is 0.220 e. The van der Waals surface area contributed by atoms with Gasteiger partial charge in [-0.25, -0.2) is 0 Å². The first-order chi connectivity index (χ1) is 69.9. The molecule has 16 rings (SSSR count). The van der Waals surface area contributed by atoms with Crippen LogP contribution in [-0.2, 0) is 85.4 Å². The minimum atomic E-state index is -1.90. The number of rotatable bonds is 36. The maximum atomic E-state index is 14.1. The molecule has 8 aliphatic heterocycles. The lowest BCUT2D eigenvalue weighted by molar-refractivity contribution is -0.370. The number of carbonyl (C=O) groups is 2. The minimum Gasteiger partial charge on any atom is -0.394 e. The molecule has 60 atom stereocenters. The fourth-order valence-corrected chi connectivity index (χ4v) is 30.1. The molecule has 0 spiro atoms. The third-order valence-electron chi connectivity index (χ3n) is 38.6. The number of ether oxygens (including phenoxy) is 16. The van der Waals surface area contributed by atoms with Crippen molar-refractivity contribution in [1.29, 1.82) is 0 Å². The van der Waals surface area contributed by atoms with Crippen LogP contribution in [0.3, 0.4) is 0 Å². The summed E-state index contributed by atoms with van der Waals surface area (Å²) < 4.78 is 98.1. The number of aliphatic hydroxyl groups is 28. The molecule has 0 bridgehead atoms. The van der Waals surface area contributed by atoms with Gasteiger partial charge in [-0.05, 0) is 204 Å². The largest absolute Gasteiger partial charge is 0.394 e. The predicted molar refractivity (Wildman–Crippen MR) is 494 cm³/mol. The topological polar surface area (TPSA) is 772 Å². The highest BCUT2D eigenvalue weighted by molar-refractivity contribution is 5.76. The monoisotopic (exact) mass is 2120 g/mol. The van der Waals surface area contributed by atoms with Gasteiger partial charge in [-0.2, -0.15) is 0 Å². The van der Waals surface area contributed by atoms with E-state index in [-0.39, 0.29) is 120 Å². The molecule has 0 aromatic carbocycles. The van der Waals surface area contributed by atoms with E-state index >= 15 is 0 Å². The summed E-state index contributed by atoms with van der Waals surface area (Å²) in [6.07, 6.45) is -57.4. The number of carbonyl (C=O) groups excluding carboxylic acids is 2. The van der Waals surface area contributed by atoms with E-state index in [9.17, 15) is 153 Å². The zero-order valence-electron chi connectivity index (χ0n) is 84.1. The molecule has 8 saturated heterocycles. The minimum absolute atomic E-state index is 0.0150. The van der Waals surface area contributed by atoms with Gasteiger partial charge in [-0.15, -0.1) is 0 Å². The van der Waals surface area contributed by atoms with Gasteiger partial charge in [-0.1, -0.05) is 41.5 Å². The third-order valence-corrected chi connectivity index (χ3v) is 38.6. The Morgan fingerprint density at radius 2 is 0.537 bits per heavy atom. The molecule has 8 heterocycles. The highest BCUT2D eigenvalue weighted by Crippen LogP contribution is 2.72. The number of fused-ring (bicyclic) bond motifs is 10. The molecule has 2 amide bonds. The fraction of sp³-hybridized carbons (Fsp3) is 0.980. The molecule has 8 saturated carbocycles. The molecular weight excluding hydrogens is 1950 g/mol. The van der Waals surface area contributed by atoms with Crippen LogP contribution in [0.1, 0.15) is 176 Å². The second kappa shape index (κ2) is 48.5. The van der Waals surface area contributed by atoms with Crippen molar-refractivity contribution in [2.45, 2.75) is 446 Å². The first kappa shape index (κ1) is 117. The lowest BCUT2D eigenvalue weighted by Gasteiger charge is -2.63. The van der Waals surface area contributed by atoms with E-state index in [1.54, 1.807) is 0 Å². The Labute approximate surface area is 852 Å². The Bertz CT molecular complexity index is 3910. The predicted octanol–water partition coefficient (Wildman–Crippen LogP) is -8.98. The molecule has 848 valence electrons. The van der Waals surface area contributed by atoms with Gasteiger partial charge < -0.3 is 229 Å². The molecule has 30 N–H and O–H groups in total. The van der Waals surface area contributed by atoms with Crippen molar-refractivity contribution in [2.24, 2.45) is 92.7 Å². The van der Waals surface area contributed by atoms with E-state index in [0.717, 1.165) is 51.4 Å². The highest BCUT2D eigenvalue weighted by Gasteiger charge is 2.70. The van der Waals surface area contributed by atoms with Gasteiger partial charge in [0, 0.05) is 36.8 Å². The summed E-state index contributed by atoms with van der Waals surface area (Å²) in [4.78, 5) is 28.1. The number of hydrogen-bond acceptors (Lipinski definition) is 46.